The summed E-state index contributed by atoms with van der Waals surface area (Å²) in [6.07, 6.45) is 2.04. The van der Waals surface area contributed by atoms with Crippen LogP contribution in [0.15, 0.2) is 24.3 Å². The number of ether oxygens (including phenoxy) is 1. The van der Waals surface area contributed by atoms with Gasteiger partial charge in [0, 0.05) is 33.6 Å². The lowest BCUT2D eigenvalue weighted by molar-refractivity contribution is -0.140. The van der Waals surface area contributed by atoms with Gasteiger partial charge in [-0.2, -0.15) is 11.8 Å². The standard InChI is InChI=1S/C22H30O3S2/c1-6-22(7-2,18-8-9-19(24)15(3)12-18)21-13-16(4)20(27-21)14-26-11-10-25-17(5)23/h8-9,12-13,24H,6-7,10-11,14H2,1-5H3. The van der Waals surface area contributed by atoms with Gasteiger partial charge in [0.05, 0.1) is 0 Å². The van der Waals surface area contributed by atoms with Gasteiger partial charge < -0.3 is 9.84 Å². The van der Waals surface area contributed by atoms with Gasteiger partial charge >= 0.3 is 5.97 Å². The third kappa shape index (κ3) is 5.08. The van der Waals surface area contributed by atoms with Crippen LogP contribution < -0.4 is 0 Å². The zero-order chi connectivity index (χ0) is 20.0. The summed E-state index contributed by atoms with van der Waals surface area (Å²) in [5.41, 5.74) is 3.51. The van der Waals surface area contributed by atoms with Crippen molar-refractivity contribution in [2.24, 2.45) is 0 Å². The minimum atomic E-state index is -0.218. The smallest absolute Gasteiger partial charge is 0.302 e. The van der Waals surface area contributed by atoms with Crippen molar-refractivity contribution in [3.05, 3.63) is 50.7 Å². The Morgan fingerprint density at radius 3 is 2.48 bits per heavy atom. The molecule has 1 aromatic carbocycles. The van der Waals surface area contributed by atoms with Crippen LogP contribution >= 0.6 is 23.1 Å². The summed E-state index contributed by atoms with van der Waals surface area (Å²) in [6.45, 7) is 10.5. The van der Waals surface area contributed by atoms with Crippen molar-refractivity contribution < 1.29 is 14.6 Å². The van der Waals surface area contributed by atoms with Gasteiger partial charge in [0.25, 0.3) is 0 Å². The van der Waals surface area contributed by atoms with Gasteiger partial charge in [-0.25, -0.2) is 0 Å². The summed E-state index contributed by atoms with van der Waals surface area (Å²) in [4.78, 5) is 13.6. The monoisotopic (exact) mass is 406 g/mol. The number of aromatic hydroxyl groups is 1. The third-order valence-corrected chi connectivity index (χ3v) is 7.79. The molecule has 2 aromatic rings. The first-order valence-electron chi connectivity index (χ1n) is 9.45. The maximum atomic E-state index is 10.8. The number of phenolic OH excluding ortho intramolecular Hbond substituents is 1. The Balaban J connectivity index is 2.22. The molecule has 5 heteroatoms. The fraction of sp³-hybridized carbons (Fsp3) is 0.500. The van der Waals surface area contributed by atoms with E-state index in [2.05, 4.69) is 39.0 Å². The Morgan fingerprint density at radius 2 is 1.89 bits per heavy atom. The number of carbonyl (C=O) groups excluding carboxylic acids is 1. The molecule has 0 atom stereocenters. The first kappa shape index (κ1) is 21.8. The molecule has 148 valence electrons. The van der Waals surface area contributed by atoms with E-state index in [9.17, 15) is 9.90 Å². The number of rotatable bonds is 9. The number of phenols is 1. The molecule has 0 amide bonds. The Hall–Kier alpha value is -1.46. The Morgan fingerprint density at radius 1 is 1.19 bits per heavy atom. The first-order valence-corrected chi connectivity index (χ1v) is 11.4. The van der Waals surface area contributed by atoms with Crippen LogP contribution in [0.2, 0.25) is 0 Å². The van der Waals surface area contributed by atoms with Crippen LogP contribution in [0.25, 0.3) is 0 Å². The van der Waals surface area contributed by atoms with E-state index in [0.29, 0.717) is 12.4 Å². The zero-order valence-electron chi connectivity index (χ0n) is 16.9. The topological polar surface area (TPSA) is 46.5 Å². The molecule has 2 rings (SSSR count). The lowest BCUT2D eigenvalue weighted by Crippen LogP contribution is -2.24. The molecule has 0 spiro atoms. The molecular formula is C22H30O3S2. The molecule has 0 aliphatic carbocycles. The summed E-state index contributed by atoms with van der Waals surface area (Å²) in [7, 11) is 0. The summed E-state index contributed by atoms with van der Waals surface area (Å²) in [6, 6.07) is 8.35. The fourth-order valence-corrected chi connectivity index (χ4v) is 5.98. The third-order valence-electron chi connectivity index (χ3n) is 5.21. The molecule has 1 N–H and O–H groups in total. The van der Waals surface area contributed by atoms with Crippen molar-refractivity contribution in [1.82, 2.24) is 0 Å². The number of aryl methyl sites for hydroxylation is 2. The van der Waals surface area contributed by atoms with Crippen LogP contribution in [-0.2, 0) is 20.7 Å². The minimum Gasteiger partial charge on any atom is -0.508 e. The number of hydrogen-bond donors (Lipinski definition) is 1. The predicted molar refractivity (Wildman–Crippen MR) is 116 cm³/mol. The Bertz CT molecular complexity index is 776. The van der Waals surface area contributed by atoms with Crippen molar-refractivity contribution in [2.75, 3.05) is 12.4 Å². The zero-order valence-corrected chi connectivity index (χ0v) is 18.6. The summed E-state index contributed by atoms with van der Waals surface area (Å²) in [5.74, 6) is 1.89. The van der Waals surface area contributed by atoms with Crippen LogP contribution in [-0.4, -0.2) is 23.4 Å². The van der Waals surface area contributed by atoms with E-state index >= 15 is 0 Å². The van der Waals surface area contributed by atoms with E-state index in [4.69, 9.17) is 4.74 Å². The largest absolute Gasteiger partial charge is 0.508 e. The number of hydrogen-bond acceptors (Lipinski definition) is 5. The Labute approximate surface area is 171 Å². The van der Waals surface area contributed by atoms with Crippen LogP contribution in [0.3, 0.4) is 0 Å². The van der Waals surface area contributed by atoms with Crippen molar-refractivity contribution in [1.29, 1.82) is 0 Å². The van der Waals surface area contributed by atoms with Crippen LogP contribution in [0, 0.1) is 13.8 Å². The maximum absolute atomic E-state index is 10.8. The molecule has 0 bridgehead atoms. The maximum Gasteiger partial charge on any atom is 0.302 e. The van der Waals surface area contributed by atoms with Gasteiger partial charge in [-0.15, -0.1) is 11.3 Å². The van der Waals surface area contributed by atoms with E-state index < -0.39 is 0 Å². The van der Waals surface area contributed by atoms with Crippen molar-refractivity contribution in [3.63, 3.8) is 0 Å². The highest BCUT2D eigenvalue weighted by atomic mass is 32.2. The number of thiophene rings is 1. The van der Waals surface area contributed by atoms with E-state index in [0.717, 1.165) is 29.9 Å². The van der Waals surface area contributed by atoms with E-state index in [-0.39, 0.29) is 11.4 Å². The SMILES string of the molecule is CCC(CC)(c1ccc(O)c(C)c1)c1cc(C)c(CSCCOC(C)=O)s1. The highest BCUT2D eigenvalue weighted by Crippen LogP contribution is 2.44. The molecule has 1 heterocycles. The second-order valence-corrected chi connectivity index (χ2v) is 9.14. The second-order valence-electron chi connectivity index (χ2n) is 6.90. The van der Waals surface area contributed by atoms with Gasteiger partial charge in [0.15, 0.2) is 0 Å². The van der Waals surface area contributed by atoms with Crippen molar-refractivity contribution in [3.8, 4) is 5.75 Å². The summed E-state index contributed by atoms with van der Waals surface area (Å²) < 4.78 is 5.01. The molecule has 1 aromatic heterocycles. The normalized spacial score (nSPS) is 11.6. The second kappa shape index (κ2) is 9.65. The first-order chi connectivity index (χ1) is 12.8. The van der Waals surface area contributed by atoms with E-state index in [1.165, 1.54) is 27.8 Å². The van der Waals surface area contributed by atoms with Crippen LogP contribution in [0.1, 0.15) is 60.1 Å². The lowest BCUT2D eigenvalue weighted by Gasteiger charge is -2.32. The molecule has 0 fully saturated rings. The molecule has 0 unspecified atom stereocenters. The number of esters is 1. The van der Waals surface area contributed by atoms with Gasteiger partial charge in [-0.3, -0.25) is 4.79 Å². The van der Waals surface area contributed by atoms with E-state index in [1.807, 2.05) is 24.3 Å². The highest BCUT2D eigenvalue weighted by Gasteiger charge is 2.33. The molecule has 27 heavy (non-hydrogen) atoms. The van der Waals surface area contributed by atoms with Gasteiger partial charge in [-0.05, 0) is 55.5 Å². The predicted octanol–water partition coefficient (Wildman–Crippen LogP) is 5.97. The average Bonchev–Trinajstić information content (AvgIpc) is 3.00. The molecule has 0 aliphatic heterocycles. The van der Waals surface area contributed by atoms with Crippen molar-refractivity contribution in [2.45, 2.75) is 58.6 Å². The average molecular weight is 407 g/mol. The quantitative estimate of drug-likeness (QED) is 0.411. The number of benzene rings is 1. The number of thioether (sulfide) groups is 1. The van der Waals surface area contributed by atoms with Gasteiger partial charge in [0.1, 0.15) is 12.4 Å². The molecule has 0 aliphatic rings. The fourth-order valence-electron chi connectivity index (χ4n) is 3.41. The van der Waals surface area contributed by atoms with E-state index in [1.54, 1.807) is 11.8 Å². The van der Waals surface area contributed by atoms with Gasteiger partial charge in [0.2, 0.25) is 0 Å². The lowest BCUT2D eigenvalue weighted by atomic mass is 9.74. The van der Waals surface area contributed by atoms with Crippen LogP contribution in [0.5, 0.6) is 5.75 Å². The highest BCUT2D eigenvalue weighted by molar-refractivity contribution is 7.98. The molecule has 0 saturated carbocycles. The Kier molecular flexibility index (Phi) is 7.80. The summed E-state index contributed by atoms with van der Waals surface area (Å²) >= 11 is 3.70. The number of carbonyl (C=O) groups is 1. The van der Waals surface area contributed by atoms with Crippen molar-refractivity contribution >= 4 is 29.1 Å². The molecular weight excluding hydrogens is 376 g/mol. The molecule has 3 nitrogen and oxygen atoms in total. The summed E-state index contributed by atoms with van der Waals surface area (Å²) in [5, 5.41) is 9.92. The minimum absolute atomic E-state index is 0.0193. The van der Waals surface area contributed by atoms with Crippen LogP contribution in [0.4, 0.5) is 0 Å². The van der Waals surface area contributed by atoms with Gasteiger partial charge in [-0.1, -0.05) is 26.0 Å². The molecule has 0 radical (unpaired) electrons. The molecule has 0 saturated heterocycles.